The zero-order valence-corrected chi connectivity index (χ0v) is 18.5. The molecule has 1 aromatic heterocycles. The zero-order valence-electron chi connectivity index (χ0n) is 17.7. The summed E-state index contributed by atoms with van der Waals surface area (Å²) in [6.07, 6.45) is 2.54. The number of hydrogen-bond donors (Lipinski definition) is 0. The number of halogens is 1. The van der Waals surface area contributed by atoms with Crippen molar-refractivity contribution in [2.24, 2.45) is 0 Å². The normalized spacial score (nSPS) is 13.4. The molecule has 2 aromatic carbocycles. The van der Waals surface area contributed by atoms with Crippen LogP contribution < -0.4 is 0 Å². The van der Waals surface area contributed by atoms with Crippen LogP contribution in [0, 0.1) is 0 Å². The van der Waals surface area contributed by atoms with E-state index in [4.69, 9.17) is 16.6 Å². The second-order valence-corrected chi connectivity index (χ2v) is 8.16. The third kappa shape index (κ3) is 4.81. The van der Waals surface area contributed by atoms with Crippen molar-refractivity contribution in [2.75, 3.05) is 0 Å². The number of fused-ring (bicyclic) bond motifs is 1. The minimum Gasteiger partial charge on any atom is -0.336 e. The van der Waals surface area contributed by atoms with Crippen molar-refractivity contribution < 1.29 is 4.79 Å². The highest BCUT2D eigenvalue weighted by molar-refractivity contribution is 6.30. The lowest BCUT2D eigenvalue weighted by Crippen LogP contribution is -2.45. The standard InChI is InChI=1S/C24H30ClN3O/c1-5-17(3)28(18(4)6-2)24(29)16-27-22-10-8-7-9-21(22)26-23(27)15-19-11-13-20(25)14-12-19/h7-14,17-18H,5-6,15-16H2,1-4H3. The molecule has 5 heteroatoms. The molecule has 1 heterocycles. The van der Waals surface area contributed by atoms with Gasteiger partial charge in [0.15, 0.2) is 0 Å². The van der Waals surface area contributed by atoms with Gasteiger partial charge in [0.1, 0.15) is 12.4 Å². The lowest BCUT2D eigenvalue weighted by molar-refractivity contribution is -0.136. The molecule has 2 unspecified atom stereocenters. The maximum Gasteiger partial charge on any atom is 0.243 e. The van der Waals surface area contributed by atoms with E-state index in [1.165, 1.54) is 0 Å². The largest absolute Gasteiger partial charge is 0.336 e. The Kier molecular flexibility index (Phi) is 6.96. The smallest absolute Gasteiger partial charge is 0.243 e. The summed E-state index contributed by atoms with van der Waals surface area (Å²) in [5, 5.41) is 0.718. The molecule has 0 aliphatic heterocycles. The molecule has 0 aliphatic carbocycles. The first kappa shape index (κ1) is 21.4. The van der Waals surface area contributed by atoms with E-state index in [1.807, 2.05) is 53.4 Å². The number of carbonyl (C=O) groups excluding carboxylic acids is 1. The number of imidazole rings is 1. The number of rotatable bonds is 8. The van der Waals surface area contributed by atoms with Gasteiger partial charge in [0.25, 0.3) is 0 Å². The van der Waals surface area contributed by atoms with Crippen molar-refractivity contribution in [3.05, 3.63) is 64.9 Å². The van der Waals surface area contributed by atoms with E-state index < -0.39 is 0 Å². The number of aromatic nitrogens is 2. The third-order valence-corrected chi connectivity index (χ3v) is 5.97. The second-order valence-electron chi connectivity index (χ2n) is 7.72. The molecule has 0 bridgehead atoms. The van der Waals surface area contributed by atoms with Crippen LogP contribution in [0.3, 0.4) is 0 Å². The van der Waals surface area contributed by atoms with E-state index in [9.17, 15) is 4.79 Å². The summed E-state index contributed by atoms with van der Waals surface area (Å²) < 4.78 is 2.07. The lowest BCUT2D eigenvalue weighted by Gasteiger charge is -2.34. The average molecular weight is 412 g/mol. The molecule has 3 aromatic rings. The second kappa shape index (κ2) is 9.45. The number of amides is 1. The van der Waals surface area contributed by atoms with E-state index in [0.717, 1.165) is 40.3 Å². The van der Waals surface area contributed by atoms with E-state index in [2.05, 4.69) is 32.3 Å². The Morgan fingerprint density at radius 2 is 1.66 bits per heavy atom. The van der Waals surface area contributed by atoms with Crippen LogP contribution >= 0.6 is 11.6 Å². The van der Waals surface area contributed by atoms with Crippen molar-refractivity contribution in [3.8, 4) is 0 Å². The monoisotopic (exact) mass is 411 g/mol. The van der Waals surface area contributed by atoms with E-state index in [1.54, 1.807) is 0 Å². The van der Waals surface area contributed by atoms with Gasteiger partial charge < -0.3 is 9.47 Å². The van der Waals surface area contributed by atoms with Gasteiger partial charge in [-0.1, -0.05) is 49.7 Å². The van der Waals surface area contributed by atoms with Crippen LogP contribution in [0.5, 0.6) is 0 Å². The summed E-state index contributed by atoms with van der Waals surface area (Å²) in [7, 11) is 0. The van der Waals surface area contributed by atoms with Gasteiger partial charge in [-0.2, -0.15) is 0 Å². The molecule has 0 aliphatic rings. The van der Waals surface area contributed by atoms with Crippen LogP contribution in [-0.2, 0) is 17.8 Å². The molecule has 2 atom stereocenters. The van der Waals surface area contributed by atoms with Crippen LogP contribution in [0.1, 0.15) is 51.9 Å². The Labute approximate surface area is 178 Å². The highest BCUT2D eigenvalue weighted by atomic mass is 35.5. The highest BCUT2D eigenvalue weighted by Crippen LogP contribution is 2.21. The van der Waals surface area contributed by atoms with Gasteiger partial charge in [-0.15, -0.1) is 0 Å². The number of hydrogen-bond acceptors (Lipinski definition) is 2. The summed E-state index contributed by atoms with van der Waals surface area (Å²) in [4.78, 5) is 20.2. The topological polar surface area (TPSA) is 38.1 Å². The quantitative estimate of drug-likeness (QED) is 0.476. The first-order valence-corrected chi connectivity index (χ1v) is 10.8. The van der Waals surface area contributed by atoms with Gasteiger partial charge in [-0.25, -0.2) is 4.98 Å². The number of nitrogens with zero attached hydrogens (tertiary/aromatic N) is 3. The van der Waals surface area contributed by atoms with Gasteiger partial charge in [0, 0.05) is 23.5 Å². The molecular weight excluding hydrogens is 382 g/mol. The molecule has 0 N–H and O–H groups in total. The van der Waals surface area contributed by atoms with Gasteiger partial charge in [-0.05, 0) is 56.5 Å². The Morgan fingerprint density at radius 3 is 2.28 bits per heavy atom. The SMILES string of the molecule is CCC(C)N(C(=O)Cn1c(Cc2ccc(Cl)cc2)nc2ccccc21)C(C)CC. The third-order valence-electron chi connectivity index (χ3n) is 5.72. The molecule has 0 fully saturated rings. The van der Waals surface area contributed by atoms with Crippen LogP contribution in [0.15, 0.2) is 48.5 Å². The molecular formula is C24H30ClN3O. The summed E-state index contributed by atoms with van der Waals surface area (Å²) >= 11 is 6.03. The molecule has 3 rings (SSSR count). The van der Waals surface area contributed by atoms with Crippen molar-refractivity contribution >= 4 is 28.5 Å². The van der Waals surface area contributed by atoms with Gasteiger partial charge in [0.05, 0.1) is 11.0 Å². The maximum absolute atomic E-state index is 13.4. The average Bonchev–Trinajstić information content (AvgIpc) is 3.06. The predicted octanol–water partition coefficient (Wildman–Crippen LogP) is 5.71. The summed E-state index contributed by atoms with van der Waals surface area (Å²) in [6.45, 7) is 8.82. The van der Waals surface area contributed by atoms with Crippen LogP contribution in [0.25, 0.3) is 11.0 Å². The van der Waals surface area contributed by atoms with Crippen LogP contribution in [0.4, 0.5) is 0 Å². The van der Waals surface area contributed by atoms with E-state index in [0.29, 0.717) is 13.0 Å². The summed E-state index contributed by atoms with van der Waals surface area (Å²) in [5.74, 6) is 1.05. The molecule has 154 valence electrons. The van der Waals surface area contributed by atoms with E-state index >= 15 is 0 Å². The van der Waals surface area contributed by atoms with Crippen LogP contribution in [0.2, 0.25) is 5.02 Å². The molecule has 1 amide bonds. The number of para-hydroxylation sites is 2. The first-order valence-electron chi connectivity index (χ1n) is 10.4. The van der Waals surface area contributed by atoms with Crippen molar-refractivity contribution in [2.45, 2.75) is 65.6 Å². The molecule has 0 saturated heterocycles. The van der Waals surface area contributed by atoms with Gasteiger partial charge in [0.2, 0.25) is 5.91 Å². The van der Waals surface area contributed by atoms with E-state index in [-0.39, 0.29) is 18.0 Å². The molecule has 4 nitrogen and oxygen atoms in total. The Hall–Kier alpha value is -2.33. The Morgan fingerprint density at radius 1 is 1.03 bits per heavy atom. The number of carbonyl (C=O) groups is 1. The lowest BCUT2D eigenvalue weighted by atomic mass is 10.1. The fraction of sp³-hybridized carbons (Fsp3) is 0.417. The fourth-order valence-electron chi connectivity index (χ4n) is 3.76. The van der Waals surface area contributed by atoms with Crippen molar-refractivity contribution in [1.29, 1.82) is 0 Å². The summed E-state index contributed by atoms with van der Waals surface area (Å²) in [6, 6.07) is 16.3. The zero-order chi connectivity index (χ0) is 21.0. The van der Waals surface area contributed by atoms with Gasteiger partial charge in [-0.3, -0.25) is 4.79 Å². The number of benzene rings is 2. The van der Waals surface area contributed by atoms with Gasteiger partial charge >= 0.3 is 0 Å². The molecule has 0 saturated carbocycles. The Bertz CT molecular complexity index is 954. The molecule has 0 spiro atoms. The Balaban J connectivity index is 1.96. The van der Waals surface area contributed by atoms with Crippen molar-refractivity contribution in [1.82, 2.24) is 14.5 Å². The fourth-order valence-corrected chi connectivity index (χ4v) is 3.88. The van der Waals surface area contributed by atoms with Crippen molar-refractivity contribution in [3.63, 3.8) is 0 Å². The molecule has 29 heavy (non-hydrogen) atoms. The predicted molar refractivity (Wildman–Crippen MR) is 120 cm³/mol. The van der Waals surface area contributed by atoms with Crippen LogP contribution in [-0.4, -0.2) is 32.4 Å². The maximum atomic E-state index is 13.4. The highest BCUT2D eigenvalue weighted by Gasteiger charge is 2.25. The minimum atomic E-state index is 0.147. The molecule has 0 radical (unpaired) electrons. The first-order chi connectivity index (χ1) is 13.9. The minimum absolute atomic E-state index is 0.147. The summed E-state index contributed by atoms with van der Waals surface area (Å²) in [5.41, 5.74) is 3.04.